The molecule has 2 aromatic rings. The lowest BCUT2D eigenvalue weighted by Gasteiger charge is -2.48. The van der Waals surface area contributed by atoms with Gasteiger partial charge in [-0.3, -0.25) is 19.3 Å². The number of fused-ring (bicyclic) bond motifs is 1. The van der Waals surface area contributed by atoms with Crippen molar-refractivity contribution in [3.05, 3.63) is 65.2 Å². The molecule has 5 aliphatic rings. The molecule has 64 heavy (non-hydrogen) atoms. The minimum Gasteiger partial charge on any atom is -0.506 e. The summed E-state index contributed by atoms with van der Waals surface area (Å²) >= 11 is 0. The van der Waals surface area contributed by atoms with Gasteiger partial charge in [0.25, 0.3) is 5.91 Å². The van der Waals surface area contributed by atoms with Crippen LogP contribution in [-0.4, -0.2) is 139 Å². The number of carbonyl (C=O) groups excluding carboxylic acids is 3. The average Bonchev–Trinajstić information content (AvgIpc) is 3.29. The number of allylic oxidation sites excluding steroid dienone is 2. The summed E-state index contributed by atoms with van der Waals surface area (Å²) in [5.41, 5.74) is 3.58. The fourth-order valence-corrected chi connectivity index (χ4v) is 9.33. The molecule has 4 N–H and O–H groups in total. The van der Waals surface area contributed by atoms with Crippen molar-refractivity contribution in [1.82, 2.24) is 20.0 Å². The number of hydrogen-bond acceptors (Lipinski definition) is 10. The van der Waals surface area contributed by atoms with E-state index in [1.165, 1.54) is 17.5 Å². The van der Waals surface area contributed by atoms with Crippen molar-refractivity contribution in [2.45, 2.75) is 108 Å². The van der Waals surface area contributed by atoms with E-state index in [2.05, 4.69) is 61.8 Å². The molecule has 0 bridgehead atoms. The zero-order valence-electron chi connectivity index (χ0n) is 36.7. The van der Waals surface area contributed by atoms with Crippen molar-refractivity contribution in [3.63, 3.8) is 0 Å². The second-order valence-electron chi connectivity index (χ2n) is 17.4. The van der Waals surface area contributed by atoms with Crippen molar-refractivity contribution >= 4 is 29.4 Å². The summed E-state index contributed by atoms with van der Waals surface area (Å²) in [7, 11) is 0. The second kappa shape index (κ2) is 23.5. The van der Waals surface area contributed by atoms with Crippen molar-refractivity contribution in [2.24, 2.45) is 5.92 Å². The number of carboxylic acid groups (broad SMARTS) is 1. The minimum atomic E-state index is -5.08. The van der Waals surface area contributed by atoms with Crippen LogP contribution in [0, 0.1) is 5.92 Å². The third kappa shape index (κ3) is 14.1. The summed E-state index contributed by atoms with van der Waals surface area (Å²) in [5.74, 6) is -1.90. The lowest BCUT2D eigenvalue weighted by atomic mass is 9.87. The Morgan fingerprint density at radius 3 is 2.47 bits per heavy atom. The number of nitrogens with one attached hydrogen (secondary N) is 2. The number of aliphatic carboxylic acids is 1. The van der Waals surface area contributed by atoms with Gasteiger partial charge in [0.15, 0.2) is 12.4 Å². The zero-order valence-corrected chi connectivity index (χ0v) is 36.7. The highest BCUT2D eigenvalue weighted by Gasteiger charge is 2.42. The van der Waals surface area contributed by atoms with Gasteiger partial charge >= 0.3 is 12.1 Å². The number of carbonyl (C=O) groups is 4. The van der Waals surface area contributed by atoms with Gasteiger partial charge in [0.2, 0.25) is 11.8 Å². The topological polar surface area (TPSA) is 170 Å². The highest BCUT2D eigenvalue weighted by molar-refractivity contribution is 5.97. The Balaban J connectivity index is 0.000000898. The van der Waals surface area contributed by atoms with Gasteiger partial charge in [-0.15, -0.1) is 0 Å². The predicted molar refractivity (Wildman–Crippen MR) is 233 cm³/mol. The van der Waals surface area contributed by atoms with Gasteiger partial charge < -0.3 is 44.9 Å². The third-order valence-electron chi connectivity index (χ3n) is 12.8. The number of anilines is 1. The number of aromatic hydroxyl groups is 1. The third-order valence-corrected chi connectivity index (χ3v) is 12.8. The number of alkyl halides is 3. The van der Waals surface area contributed by atoms with Crippen LogP contribution in [0.3, 0.4) is 0 Å². The summed E-state index contributed by atoms with van der Waals surface area (Å²) in [5, 5.41) is 23.5. The van der Waals surface area contributed by atoms with Crippen molar-refractivity contribution in [1.29, 1.82) is 0 Å². The molecule has 3 aliphatic heterocycles. The van der Waals surface area contributed by atoms with Crippen LogP contribution >= 0.6 is 0 Å². The number of carboxylic acids is 1. The molecular weight excluding hydrogens is 836 g/mol. The lowest BCUT2D eigenvalue weighted by Crippen LogP contribution is -2.58. The first-order valence-electron chi connectivity index (χ1n) is 22.8. The molecule has 1 saturated carbocycles. The van der Waals surface area contributed by atoms with Gasteiger partial charge in [-0.2, -0.15) is 13.2 Å². The molecule has 17 heteroatoms. The van der Waals surface area contributed by atoms with Crippen LogP contribution in [0.25, 0.3) is 0 Å². The summed E-state index contributed by atoms with van der Waals surface area (Å²) in [6.07, 6.45) is 11.5. The second-order valence-corrected chi connectivity index (χ2v) is 17.4. The molecule has 352 valence electrons. The molecule has 0 radical (unpaired) electrons. The Hall–Kier alpha value is -4.71. The first-order valence-corrected chi connectivity index (χ1v) is 22.8. The Morgan fingerprint density at radius 1 is 0.969 bits per heavy atom. The minimum absolute atomic E-state index is 0.00153. The molecule has 7 rings (SSSR count). The van der Waals surface area contributed by atoms with Crippen LogP contribution in [0.5, 0.6) is 11.5 Å². The molecule has 1 atom stereocenters. The number of ether oxygens (including phenoxy) is 3. The normalized spacial score (nSPS) is 20.1. The maximum Gasteiger partial charge on any atom is 0.490 e. The fourth-order valence-electron chi connectivity index (χ4n) is 9.33. The highest BCUT2D eigenvalue weighted by Crippen LogP contribution is 2.39. The molecule has 14 nitrogen and oxygen atoms in total. The Kier molecular flexibility index (Phi) is 17.9. The number of morpholine rings is 1. The fraction of sp³-hybridized carbons (Fsp3) is 0.617. The van der Waals surface area contributed by atoms with Crippen LogP contribution in [0.2, 0.25) is 0 Å². The van der Waals surface area contributed by atoms with Crippen molar-refractivity contribution in [2.75, 3.05) is 77.6 Å². The smallest absolute Gasteiger partial charge is 0.490 e. The largest absolute Gasteiger partial charge is 0.506 e. The lowest BCUT2D eigenvalue weighted by molar-refractivity contribution is -0.192. The Morgan fingerprint density at radius 2 is 1.73 bits per heavy atom. The summed E-state index contributed by atoms with van der Waals surface area (Å²) < 4.78 is 49.8. The SMILES string of the molecule is O=C(O)C(F)(F)F.O=C1COc2c(CCNCCN(C(=O)CCOCCc3cccc(CN4CCC5(CC4)CN(C(=O)C4CC=CCC4)CCO5)c3)C3CCCCC3)ccc(O)c2N1. The van der Waals surface area contributed by atoms with Crippen LogP contribution in [0.1, 0.15) is 87.3 Å². The van der Waals surface area contributed by atoms with Crippen LogP contribution in [0.15, 0.2) is 48.6 Å². The van der Waals surface area contributed by atoms with E-state index in [-0.39, 0.29) is 41.7 Å². The van der Waals surface area contributed by atoms with E-state index in [9.17, 15) is 32.7 Å². The van der Waals surface area contributed by atoms with Gasteiger partial charge in [-0.1, -0.05) is 61.7 Å². The number of hydrogen-bond donors (Lipinski definition) is 4. The van der Waals surface area contributed by atoms with E-state index >= 15 is 0 Å². The van der Waals surface area contributed by atoms with Gasteiger partial charge in [-0.05, 0) is 87.1 Å². The number of rotatable bonds is 16. The molecule has 0 aromatic heterocycles. The average molecular weight is 900 g/mol. The molecule has 3 heterocycles. The number of halogens is 3. The Labute approximate surface area is 373 Å². The monoisotopic (exact) mass is 899 g/mol. The first kappa shape index (κ1) is 48.7. The van der Waals surface area contributed by atoms with E-state index in [1.54, 1.807) is 6.07 Å². The van der Waals surface area contributed by atoms with Crippen LogP contribution in [-0.2, 0) is 48.0 Å². The molecule has 2 saturated heterocycles. The van der Waals surface area contributed by atoms with Gasteiger partial charge in [0.05, 0.1) is 31.8 Å². The molecule has 2 aromatic carbocycles. The van der Waals surface area contributed by atoms with Crippen molar-refractivity contribution in [3.8, 4) is 11.5 Å². The summed E-state index contributed by atoms with van der Waals surface area (Å²) in [6.45, 7) is 7.83. The van der Waals surface area contributed by atoms with Gasteiger partial charge in [-0.25, -0.2) is 4.79 Å². The number of likely N-dealkylation sites (tertiary alicyclic amines) is 1. The molecule has 2 aliphatic carbocycles. The highest BCUT2D eigenvalue weighted by atomic mass is 19.4. The molecule has 3 fully saturated rings. The number of amides is 3. The number of benzene rings is 2. The summed E-state index contributed by atoms with van der Waals surface area (Å²) in [4.78, 5) is 54.1. The first-order chi connectivity index (χ1) is 30.8. The van der Waals surface area contributed by atoms with Gasteiger partial charge in [0, 0.05) is 57.8 Å². The zero-order chi connectivity index (χ0) is 45.5. The van der Waals surface area contributed by atoms with E-state index in [0.717, 1.165) is 96.0 Å². The number of nitrogens with zero attached hydrogens (tertiary/aromatic N) is 3. The predicted octanol–water partition coefficient (Wildman–Crippen LogP) is 5.85. The Bertz CT molecular complexity index is 1920. The van der Waals surface area contributed by atoms with E-state index in [1.807, 2.05) is 6.07 Å². The standard InChI is InChI=1S/C45H63N5O7.C2HF3O2/c51-39-15-14-36(43-42(39)47-40(52)32-56-43)16-21-46-22-25-50(38-12-5-2-6-13-38)41(53)18-28-55-27-17-34-8-7-9-35(30-34)31-48-23-19-45(20-24-48)33-49(26-29-57-45)44(54)37-10-3-1-4-11-37;3-2(4,5)1(6)7/h1,3,7-9,14-15,30,37-38,46,51H,2,4-6,10-13,16-29,31-33H2,(H,47,52);(H,6,7). The molecule has 1 spiro atoms. The quantitative estimate of drug-likeness (QED) is 0.0907. The summed E-state index contributed by atoms with van der Waals surface area (Å²) in [6, 6.07) is 12.5. The van der Waals surface area contributed by atoms with Gasteiger partial charge in [0.1, 0.15) is 11.4 Å². The van der Waals surface area contributed by atoms with E-state index in [4.69, 9.17) is 24.1 Å². The number of phenols is 1. The molecular formula is C47H64F3N5O9. The van der Waals surface area contributed by atoms with E-state index in [0.29, 0.717) is 76.2 Å². The number of piperidine rings is 1. The van der Waals surface area contributed by atoms with Crippen molar-refractivity contribution < 1.29 is 56.8 Å². The van der Waals surface area contributed by atoms with Crippen LogP contribution < -0.4 is 15.4 Å². The maximum atomic E-state index is 13.5. The number of phenolic OH excluding ortho intramolecular Hbond substituents is 1. The van der Waals surface area contributed by atoms with Crippen LogP contribution in [0.4, 0.5) is 18.9 Å². The molecule has 3 amide bonds. The maximum absolute atomic E-state index is 13.5. The molecule has 1 unspecified atom stereocenters. The van der Waals surface area contributed by atoms with E-state index < -0.39 is 12.1 Å².